The third-order valence-electron chi connectivity index (χ3n) is 8.41. The van der Waals surface area contributed by atoms with Crippen LogP contribution >= 0.6 is 0 Å². The van der Waals surface area contributed by atoms with E-state index in [1.165, 1.54) is 5.56 Å². The summed E-state index contributed by atoms with van der Waals surface area (Å²) in [7, 11) is 0. The van der Waals surface area contributed by atoms with E-state index >= 15 is 0 Å². The molecule has 0 saturated carbocycles. The van der Waals surface area contributed by atoms with E-state index in [0.29, 0.717) is 23.3 Å². The van der Waals surface area contributed by atoms with E-state index in [-0.39, 0.29) is 5.41 Å². The van der Waals surface area contributed by atoms with Crippen molar-refractivity contribution in [3.05, 3.63) is 145 Å². The van der Waals surface area contributed by atoms with Crippen LogP contribution in [0.5, 0.6) is 0 Å². The van der Waals surface area contributed by atoms with Gasteiger partial charge in [-0.05, 0) is 17.7 Å². The lowest BCUT2D eigenvalue weighted by molar-refractivity contribution is 0.657. The van der Waals surface area contributed by atoms with Crippen LogP contribution in [0, 0.1) is 0 Å². The Morgan fingerprint density at radius 2 is 0.911 bits per heavy atom. The number of fused-ring (bicyclic) bond motifs is 3. The zero-order valence-corrected chi connectivity index (χ0v) is 24.9. The first kappa shape index (κ1) is 26.7. The van der Waals surface area contributed by atoms with Gasteiger partial charge in [0.25, 0.3) is 0 Å². The molecule has 4 aromatic carbocycles. The predicted molar refractivity (Wildman–Crippen MR) is 178 cm³/mol. The largest absolute Gasteiger partial charge is 0.264 e. The number of hydrogen-bond acceptors (Lipinski definition) is 6. The summed E-state index contributed by atoms with van der Waals surface area (Å²) >= 11 is 0. The molecular formula is C39H28N6. The van der Waals surface area contributed by atoms with E-state index in [1.54, 1.807) is 0 Å². The molecule has 0 fully saturated rings. The first-order valence-corrected chi connectivity index (χ1v) is 15.0. The zero-order valence-electron chi connectivity index (χ0n) is 24.9. The molecule has 0 unspecified atom stereocenters. The van der Waals surface area contributed by atoms with Gasteiger partial charge in [-0.25, -0.2) is 24.9 Å². The quantitative estimate of drug-likeness (QED) is 0.203. The van der Waals surface area contributed by atoms with Crippen LogP contribution in [0.4, 0.5) is 0 Å². The van der Waals surface area contributed by atoms with Crippen LogP contribution in [0.3, 0.4) is 0 Å². The number of benzene rings is 4. The SMILES string of the molecule is CC1(C)c2ccncc2-c2nc(-c3ccccc3)nc(-c3cccc(-c4nc(-c5ccccc5)nc(-c5ccccc5)n4)c3)c21. The van der Waals surface area contributed by atoms with Gasteiger partial charge in [0.05, 0.1) is 11.4 Å². The highest BCUT2D eigenvalue weighted by atomic mass is 15.0. The highest BCUT2D eigenvalue weighted by Crippen LogP contribution is 2.51. The average Bonchev–Trinajstić information content (AvgIpc) is 3.35. The molecule has 3 aromatic heterocycles. The van der Waals surface area contributed by atoms with Gasteiger partial charge in [0, 0.05) is 56.8 Å². The Hall–Kier alpha value is -5.88. The zero-order chi connectivity index (χ0) is 30.4. The highest BCUT2D eigenvalue weighted by Gasteiger charge is 2.40. The predicted octanol–water partition coefficient (Wildman–Crippen LogP) is 8.70. The van der Waals surface area contributed by atoms with Crippen molar-refractivity contribution in [1.29, 1.82) is 0 Å². The monoisotopic (exact) mass is 580 g/mol. The third-order valence-corrected chi connectivity index (χ3v) is 8.41. The van der Waals surface area contributed by atoms with Crippen molar-refractivity contribution < 1.29 is 0 Å². The fourth-order valence-electron chi connectivity index (χ4n) is 6.18. The maximum atomic E-state index is 5.24. The minimum Gasteiger partial charge on any atom is -0.264 e. The molecule has 0 bridgehead atoms. The lowest BCUT2D eigenvalue weighted by Crippen LogP contribution is -2.17. The first-order valence-electron chi connectivity index (χ1n) is 15.0. The number of nitrogens with zero attached hydrogens (tertiary/aromatic N) is 6. The minimum absolute atomic E-state index is 0.317. The van der Waals surface area contributed by atoms with E-state index in [2.05, 4.69) is 37.0 Å². The highest BCUT2D eigenvalue weighted by molar-refractivity contribution is 5.86. The second-order valence-electron chi connectivity index (χ2n) is 11.7. The molecule has 6 nitrogen and oxygen atoms in total. The van der Waals surface area contributed by atoms with Gasteiger partial charge in [0.15, 0.2) is 23.3 Å². The minimum atomic E-state index is -0.317. The third kappa shape index (κ3) is 4.68. The second-order valence-corrected chi connectivity index (χ2v) is 11.7. The summed E-state index contributed by atoms with van der Waals surface area (Å²) in [6.45, 7) is 4.47. The number of aromatic nitrogens is 6. The molecule has 0 saturated heterocycles. The van der Waals surface area contributed by atoms with E-state index in [4.69, 9.17) is 24.9 Å². The Kier molecular flexibility index (Phi) is 6.34. The lowest BCUT2D eigenvalue weighted by atomic mass is 9.81. The van der Waals surface area contributed by atoms with Gasteiger partial charge in [-0.1, -0.05) is 123 Å². The molecule has 45 heavy (non-hydrogen) atoms. The molecule has 0 atom stereocenters. The molecule has 0 aliphatic heterocycles. The first-order chi connectivity index (χ1) is 22.1. The molecule has 7 aromatic rings. The van der Waals surface area contributed by atoms with Crippen LogP contribution < -0.4 is 0 Å². The van der Waals surface area contributed by atoms with Gasteiger partial charge in [-0.15, -0.1) is 0 Å². The van der Waals surface area contributed by atoms with E-state index < -0.39 is 0 Å². The number of rotatable bonds is 5. The summed E-state index contributed by atoms with van der Waals surface area (Å²) in [6, 6.07) is 40.6. The molecule has 8 rings (SSSR count). The molecule has 0 radical (unpaired) electrons. The van der Waals surface area contributed by atoms with Gasteiger partial charge in [0.2, 0.25) is 0 Å². The van der Waals surface area contributed by atoms with Crippen molar-refractivity contribution in [3.63, 3.8) is 0 Å². The number of hydrogen-bond donors (Lipinski definition) is 0. The van der Waals surface area contributed by atoms with E-state index in [0.717, 1.165) is 50.3 Å². The summed E-state index contributed by atoms with van der Waals surface area (Å²) in [4.78, 5) is 29.6. The molecule has 0 spiro atoms. The molecule has 1 aliphatic carbocycles. The molecule has 0 amide bonds. The van der Waals surface area contributed by atoms with Crippen molar-refractivity contribution in [2.24, 2.45) is 0 Å². The summed E-state index contributed by atoms with van der Waals surface area (Å²) in [5.41, 5.74) is 9.52. The van der Waals surface area contributed by atoms with Crippen LogP contribution in [0.25, 0.3) is 68.1 Å². The molecule has 214 valence electrons. The fourth-order valence-corrected chi connectivity index (χ4v) is 6.18. The van der Waals surface area contributed by atoms with Crippen LogP contribution in [-0.2, 0) is 5.41 Å². The molecule has 1 aliphatic rings. The van der Waals surface area contributed by atoms with Gasteiger partial charge in [-0.3, -0.25) is 4.98 Å². The van der Waals surface area contributed by atoms with Crippen molar-refractivity contribution in [2.75, 3.05) is 0 Å². The van der Waals surface area contributed by atoms with Crippen LogP contribution in [-0.4, -0.2) is 29.9 Å². The van der Waals surface area contributed by atoms with Gasteiger partial charge in [0.1, 0.15) is 0 Å². The van der Waals surface area contributed by atoms with Crippen molar-refractivity contribution in [1.82, 2.24) is 29.9 Å². The van der Waals surface area contributed by atoms with Gasteiger partial charge >= 0.3 is 0 Å². The molecule has 0 N–H and O–H groups in total. The standard InChI is InChI=1S/C39H28N6/c1-39(2)31-21-22-40-24-30(31)34-32(39)33(41-35(42-34)25-13-6-3-7-14-25)28-19-12-20-29(23-28)38-44-36(26-15-8-4-9-16-26)43-37(45-38)27-17-10-5-11-18-27/h3-24H,1-2H3. The summed E-state index contributed by atoms with van der Waals surface area (Å²) in [5, 5.41) is 0. The topological polar surface area (TPSA) is 77.3 Å². The molecule has 3 heterocycles. The Morgan fingerprint density at radius 1 is 0.444 bits per heavy atom. The Bertz CT molecular complexity index is 2120. The summed E-state index contributed by atoms with van der Waals surface area (Å²) in [6.07, 6.45) is 3.78. The molecule has 6 heteroatoms. The summed E-state index contributed by atoms with van der Waals surface area (Å²) in [5.74, 6) is 2.54. The van der Waals surface area contributed by atoms with Crippen molar-refractivity contribution >= 4 is 0 Å². The Labute approximate surface area is 261 Å². The maximum Gasteiger partial charge on any atom is 0.164 e. The average molecular weight is 581 g/mol. The normalized spacial score (nSPS) is 12.8. The Morgan fingerprint density at radius 3 is 1.49 bits per heavy atom. The van der Waals surface area contributed by atoms with Crippen molar-refractivity contribution in [3.8, 4) is 68.1 Å². The number of pyridine rings is 1. The Balaban J connectivity index is 1.34. The van der Waals surface area contributed by atoms with Crippen LogP contribution in [0.1, 0.15) is 25.0 Å². The smallest absolute Gasteiger partial charge is 0.164 e. The van der Waals surface area contributed by atoms with Crippen LogP contribution in [0.15, 0.2) is 134 Å². The second kappa shape index (κ2) is 10.7. The summed E-state index contributed by atoms with van der Waals surface area (Å²) < 4.78 is 0. The van der Waals surface area contributed by atoms with Gasteiger partial charge in [-0.2, -0.15) is 0 Å². The van der Waals surface area contributed by atoms with Crippen molar-refractivity contribution in [2.45, 2.75) is 19.3 Å². The fraction of sp³-hybridized carbons (Fsp3) is 0.0769. The molecular weight excluding hydrogens is 552 g/mol. The lowest BCUT2D eigenvalue weighted by Gasteiger charge is -2.23. The van der Waals surface area contributed by atoms with E-state index in [1.807, 2.05) is 116 Å². The van der Waals surface area contributed by atoms with Gasteiger partial charge < -0.3 is 0 Å². The van der Waals surface area contributed by atoms with E-state index in [9.17, 15) is 0 Å². The van der Waals surface area contributed by atoms with Crippen LogP contribution in [0.2, 0.25) is 0 Å². The maximum absolute atomic E-state index is 5.24.